The third-order valence-corrected chi connectivity index (χ3v) is 5.13. The van der Waals surface area contributed by atoms with E-state index in [4.69, 9.17) is 16.3 Å². The molecule has 1 heterocycles. The van der Waals surface area contributed by atoms with Crippen LogP contribution in [-0.4, -0.2) is 18.0 Å². The Bertz CT molecular complexity index is 412. The first kappa shape index (κ1) is 13.3. The fourth-order valence-electron chi connectivity index (χ4n) is 2.33. The van der Waals surface area contributed by atoms with Crippen molar-refractivity contribution < 1.29 is 9.13 Å². The standard InChI is InChI=1S/C13H15BrClFO/c1-9-13(8-14,4-5-17-9)7-10-6-11(16)2-3-12(10)15/h2-3,6,9H,4-5,7-8H2,1H3. The van der Waals surface area contributed by atoms with Gasteiger partial charge in [-0.3, -0.25) is 0 Å². The average Bonchev–Trinajstić information content (AvgIpc) is 2.66. The largest absolute Gasteiger partial charge is 0.378 e. The number of alkyl halides is 1. The van der Waals surface area contributed by atoms with Gasteiger partial charge in [-0.25, -0.2) is 4.39 Å². The zero-order valence-corrected chi connectivity index (χ0v) is 12.0. The van der Waals surface area contributed by atoms with E-state index in [-0.39, 0.29) is 17.3 Å². The van der Waals surface area contributed by atoms with Crippen LogP contribution in [0.25, 0.3) is 0 Å². The summed E-state index contributed by atoms with van der Waals surface area (Å²) in [6, 6.07) is 4.54. The van der Waals surface area contributed by atoms with Gasteiger partial charge in [0.1, 0.15) is 5.82 Å². The van der Waals surface area contributed by atoms with Crippen molar-refractivity contribution in [1.82, 2.24) is 0 Å². The summed E-state index contributed by atoms with van der Waals surface area (Å²) in [5, 5.41) is 1.47. The van der Waals surface area contributed by atoms with Crippen LogP contribution in [0.4, 0.5) is 4.39 Å². The van der Waals surface area contributed by atoms with Crippen LogP contribution in [0.5, 0.6) is 0 Å². The summed E-state index contributed by atoms with van der Waals surface area (Å²) in [6.45, 7) is 2.83. The number of rotatable bonds is 3. The first-order chi connectivity index (χ1) is 8.07. The molecule has 0 radical (unpaired) electrons. The van der Waals surface area contributed by atoms with E-state index in [0.717, 1.165) is 30.3 Å². The molecule has 1 saturated heterocycles. The summed E-state index contributed by atoms with van der Waals surface area (Å²) in [5.74, 6) is -0.235. The molecule has 2 atom stereocenters. The second-order valence-electron chi connectivity index (χ2n) is 4.67. The molecule has 1 aliphatic heterocycles. The molecule has 2 unspecified atom stereocenters. The lowest BCUT2D eigenvalue weighted by Gasteiger charge is -2.30. The van der Waals surface area contributed by atoms with Crippen LogP contribution >= 0.6 is 27.5 Å². The molecule has 4 heteroatoms. The van der Waals surface area contributed by atoms with Gasteiger partial charge in [0.25, 0.3) is 0 Å². The van der Waals surface area contributed by atoms with Gasteiger partial charge in [0.2, 0.25) is 0 Å². The Hall–Kier alpha value is -0.120. The van der Waals surface area contributed by atoms with Gasteiger partial charge in [-0.15, -0.1) is 0 Å². The highest BCUT2D eigenvalue weighted by atomic mass is 79.9. The summed E-state index contributed by atoms with van der Waals surface area (Å²) < 4.78 is 18.9. The zero-order chi connectivity index (χ0) is 12.5. The summed E-state index contributed by atoms with van der Waals surface area (Å²) in [5.41, 5.74) is 0.890. The smallest absolute Gasteiger partial charge is 0.123 e. The number of benzene rings is 1. The lowest BCUT2D eigenvalue weighted by atomic mass is 9.78. The molecular weight excluding hydrogens is 306 g/mol. The first-order valence-electron chi connectivity index (χ1n) is 5.69. The topological polar surface area (TPSA) is 9.23 Å². The van der Waals surface area contributed by atoms with Crippen molar-refractivity contribution in [3.63, 3.8) is 0 Å². The fourth-order valence-corrected chi connectivity index (χ4v) is 3.45. The number of halogens is 3. The number of ether oxygens (including phenoxy) is 1. The monoisotopic (exact) mass is 320 g/mol. The Morgan fingerprint density at radius 2 is 2.35 bits per heavy atom. The predicted molar refractivity (Wildman–Crippen MR) is 71.4 cm³/mol. The van der Waals surface area contributed by atoms with Gasteiger partial charge in [0, 0.05) is 22.4 Å². The number of hydrogen-bond acceptors (Lipinski definition) is 1. The van der Waals surface area contributed by atoms with E-state index in [2.05, 4.69) is 22.9 Å². The molecule has 1 aromatic carbocycles. The Morgan fingerprint density at radius 3 is 2.94 bits per heavy atom. The highest BCUT2D eigenvalue weighted by Gasteiger charge is 2.40. The molecule has 0 N–H and O–H groups in total. The third kappa shape index (κ3) is 2.67. The second kappa shape index (κ2) is 5.25. The normalized spacial score (nSPS) is 28.6. The molecule has 1 nitrogen and oxygen atoms in total. The molecule has 0 amide bonds. The molecule has 2 rings (SSSR count). The average molecular weight is 322 g/mol. The molecule has 0 saturated carbocycles. The Kier molecular flexibility index (Phi) is 4.11. The van der Waals surface area contributed by atoms with Crippen LogP contribution in [0, 0.1) is 11.2 Å². The summed E-state index contributed by atoms with van der Waals surface area (Å²) >= 11 is 9.68. The lowest BCUT2D eigenvalue weighted by molar-refractivity contribution is 0.0746. The van der Waals surface area contributed by atoms with Gasteiger partial charge >= 0.3 is 0 Å². The summed E-state index contributed by atoms with van der Waals surface area (Å²) in [4.78, 5) is 0. The maximum atomic E-state index is 13.2. The molecule has 17 heavy (non-hydrogen) atoms. The molecule has 1 aromatic rings. The Labute approximate surface area is 114 Å². The van der Waals surface area contributed by atoms with Gasteiger partial charge in [-0.05, 0) is 43.5 Å². The second-order valence-corrected chi connectivity index (χ2v) is 5.64. The molecule has 0 bridgehead atoms. The van der Waals surface area contributed by atoms with E-state index in [9.17, 15) is 4.39 Å². The highest BCUT2D eigenvalue weighted by molar-refractivity contribution is 9.09. The van der Waals surface area contributed by atoms with Crippen molar-refractivity contribution in [2.24, 2.45) is 5.41 Å². The van der Waals surface area contributed by atoms with Gasteiger partial charge in [-0.2, -0.15) is 0 Å². The van der Waals surface area contributed by atoms with Crippen molar-refractivity contribution in [1.29, 1.82) is 0 Å². The van der Waals surface area contributed by atoms with Crippen molar-refractivity contribution >= 4 is 27.5 Å². The van der Waals surface area contributed by atoms with Crippen LogP contribution in [0.15, 0.2) is 18.2 Å². The highest BCUT2D eigenvalue weighted by Crippen LogP contribution is 2.41. The molecular formula is C13H15BrClFO. The number of hydrogen-bond donors (Lipinski definition) is 0. The Morgan fingerprint density at radius 1 is 1.59 bits per heavy atom. The van der Waals surface area contributed by atoms with Crippen molar-refractivity contribution in [2.75, 3.05) is 11.9 Å². The van der Waals surface area contributed by atoms with E-state index in [1.54, 1.807) is 6.07 Å². The van der Waals surface area contributed by atoms with E-state index >= 15 is 0 Å². The quantitative estimate of drug-likeness (QED) is 0.758. The van der Waals surface area contributed by atoms with Gasteiger partial charge < -0.3 is 4.74 Å². The summed E-state index contributed by atoms with van der Waals surface area (Å²) in [7, 11) is 0. The first-order valence-corrected chi connectivity index (χ1v) is 7.19. The van der Waals surface area contributed by atoms with Crippen molar-refractivity contribution in [3.05, 3.63) is 34.6 Å². The molecule has 0 aromatic heterocycles. The van der Waals surface area contributed by atoms with E-state index in [1.807, 2.05) is 0 Å². The minimum absolute atomic E-state index is 0.0252. The van der Waals surface area contributed by atoms with Crippen molar-refractivity contribution in [3.8, 4) is 0 Å². The maximum Gasteiger partial charge on any atom is 0.123 e. The van der Waals surface area contributed by atoms with E-state index in [0.29, 0.717) is 5.02 Å². The third-order valence-electron chi connectivity index (χ3n) is 3.65. The lowest BCUT2D eigenvalue weighted by Crippen LogP contribution is -2.33. The van der Waals surface area contributed by atoms with E-state index in [1.165, 1.54) is 12.1 Å². The molecule has 1 aliphatic rings. The van der Waals surface area contributed by atoms with Gasteiger partial charge in [0.15, 0.2) is 0 Å². The van der Waals surface area contributed by atoms with Crippen LogP contribution < -0.4 is 0 Å². The maximum absolute atomic E-state index is 13.2. The molecule has 0 aliphatic carbocycles. The van der Waals surface area contributed by atoms with E-state index < -0.39 is 0 Å². The van der Waals surface area contributed by atoms with Crippen LogP contribution in [0.3, 0.4) is 0 Å². The summed E-state index contributed by atoms with van der Waals surface area (Å²) in [6.07, 6.45) is 1.89. The van der Waals surface area contributed by atoms with Gasteiger partial charge in [-0.1, -0.05) is 27.5 Å². The fraction of sp³-hybridized carbons (Fsp3) is 0.538. The van der Waals surface area contributed by atoms with Gasteiger partial charge in [0.05, 0.1) is 6.10 Å². The van der Waals surface area contributed by atoms with Crippen LogP contribution in [0.1, 0.15) is 18.9 Å². The van der Waals surface area contributed by atoms with Crippen molar-refractivity contribution in [2.45, 2.75) is 25.9 Å². The molecule has 94 valence electrons. The minimum atomic E-state index is -0.235. The SMILES string of the molecule is CC1OCCC1(CBr)Cc1cc(F)ccc1Cl. The predicted octanol–water partition coefficient (Wildman–Crippen LogP) is 4.21. The van der Waals surface area contributed by atoms with Crippen LogP contribution in [0.2, 0.25) is 5.02 Å². The minimum Gasteiger partial charge on any atom is -0.378 e. The Balaban J connectivity index is 2.27. The zero-order valence-electron chi connectivity index (χ0n) is 9.68. The van der Waals surface area contributed by atoms with Crippen LogP contribution in [-0.2, 0) is 11.2 Å². The molecule has 0 spiro atoms. The molecule has 1 fully saturated rings.